The lowest BCUT2D eigenvalue weighted by atomic mass is 9.82. The van der Waals surface area contributed by atoms with Gasteiger partial charge in [-0.2, -0.15) is 0 Å². The van der Waals surface area contributed by atoms with Crippen molar-refractivity contribution in [2.45, 2.75) is 195 Å². The quantitative estimate of drug-likeness (QED) is 0.112. The minimum absolute atomic E-state index is 0.106. The normalized spacial score (nSPS) is 38.0. The summed E-state index contributed by atoms with van der Waals surface area (Å²) >= 11 is 0. The maximum absolute atomic E-state index is 13.3. The number of nitrogens with two attached hydrogens (primary N) is 1. The standard InChI is InChI=1S/C59H86N2O19/c1-35-17-15-13-11-9-7-5-6-8-10-12-14-16-18-47(78-58-55(73)53(60)54(72)37(3)77-58)32-50-52(57(74)75)49(70)34-59(76,80-50)33-46(68)29-44(66)27-42(64)25-41(63)26-43(65)28-45(67)31-51(71)79-56(35)36(2)19-24-40(62)30-48(69)38-20-22-39(61-4)23-21-38/h5-18,20-23,35-37,40-42,44-47,49-50,52-56,58,61-64,66-68,70,72-73,76H,19,24-34,60H2,1-4H3,(H,74,75)/b6-5+,9-7+,10-8+,13-11-,14-12+,17-15-,18-16+/t35?,36?,37-,40?,41?,42?,44?,45?,46?,47?,49?,50?,52?,53+,54-,55+,56?,58+,59?/m1/s1. The average molecular weight is 1130 g/mol. The monoisotopic (exact) mass is 1130 g/mol. The number of carbonyl (C=O) groups is 4. The van der Waals surface area contributed by atoms with Crippen molar-refractivity contribution < 1.29 is 94.3 Å². The molecule has 0 aliphatic carbocycles. The molecule has 0 saturated carbocycles. The molecule has 14 N–H and O–H groups in total. The Morgan fingerprint density at radius 2 is 1.27 bits per heavy atom. The number of esters is 1. The number of carbonyl (C=O) groups excluding carboxylic acids is 3. The van der Waals surface area contributed by atoms with Gasteiger partial charge in [0.25, 0.3) is 0 Å². The van der Waals surface area contributed by atoms with Crippen molar-refractivity contribution in [1.29, 1.82) is 0 Å². The lowest BCUT2D eigenvalue weighted by Crippen LogP contribution is -2.61. The number of ketones is 2. The number of carboxylic acid groups (broad SMARTS) is 1. The fourth-order valence-corrected chi connectivity index (χ4v) is 10.1. The number of benzene rings is 1. The lowest BCUT2D eigenvalue weighted by Gasteiger charge is -2.45. The van der Waals surface area contributed by atoms with E-state index in [1.165, 1.54) is 13.0 Å². The van der Waals surface area contributed by atoms with E-state index in [9.17, 15) is 75.3 Å². The summed E-state index contributed by atoms with van der Waals surface area (Å²) in [7, 11) is 1.77. The highest BCUT2D eigenvalue weighted by Crippen LogP contribution is 2.38. The van der Waals surface area contributed by atoms with E-state index in [-0.39, 0.29) is 36.9 Å². The zero-order chi connectivity index (χ0) is 59.1. The summed E-state index contributed by atoms with van der Waals surface area (Å²) in [5, 5.41) is 122. The summed E-state index contributed by atoms with van der Waals surface area (Å²) in [6.45, 7) is 5.22. The van der Waals surface area contributed by atoms with Gasteiger partial charge in [0.15, 0.2) is 17.9 Å². The predicted octanol–water partition coefficient (Wildman–Crippen LogP) is 2.75. The first-order valence-electron chi connectivity index (χ1n) is 27.4. The van der Waals surface area contributed by atoms with Crippen LogP contribution < -0.4 is 11.1 Å². The maximum Gasteiger partial charge on any atom is 0.311 e. The maximum atomic E-state index is 13.3. The van der Waals surface area contributed by atoms with Crippen LogP contribution in [0.4, 0.5) is 5.69 Å². The van der Waals surface area contributed by atoms with Crippen LogP contribution in [0, 0.1) is 17.8 Å². The van der Waals surface area contributed by atoms with Gasteiger partial charge in [-0.15, -0.1) is 0 Å². The third-order valence-corrected chi connectivity index (χ3v) is 14.4. The summed E-state index contributed by atoms with van der Waals surface area (Å²) in [5.41, 5.74) is 7.35. The number of rotatable bonds is 11. The molecular formula is C59H86N2O19. The van der Waals surface area contributed by atoms with Gasteiger partial charge in [0, 0.05) is 62.7 Å². The SMILES string of the molecule is CNc1ccc(C(=O)CC(O)CCC(C)C2OC(=O)CC(O)CC(=O)CC(O)CC(O)CC(O)CC(O)CC3(O)CC(O)C(C(=O)O)C(CC(O[C@@H]4O[C@H](C)[C@@H](O)[C@H](N)[C@@H]4O)/C=C/C=C/C=C/C=C/C=C/C=C\C=C/C2C)O3)cc1. The number of hydrogen-bond donors (Lipinski definition) is 13. The highest BCUT2D eigenvalue weighted by Gasteiger charge is 2.51. The molecule has 80 heavy (non-hydrogen) atoms. The van der Waals surface area contributed by atoms with Gasteiger partial charge in [0.2, 0.25) is 0 Å². The minimum Gasteiger partial charge on any atom is -0.481 e. The summed E-state index contributed by atoms with van der Waals surface area (Å²) in [6.07, 6.45) is 1.86. The van der Waals surface area contributed by atoms with E-state index in [2.05, 4.69) is 5.32 Å². The van der Waals surface area contributed by atoms with Gasteiger partial charge in [-0.3, -0.25) is 19.2 Å². The van der Waals surface area contributed by atoms with Crippen LogP contribution >= 0.6 is 0 Å². The Bertz CT molecular complexity index is 2300. The molecule has 3 aliphatic rings. The second-order valence-electron chi connectivity index (χ2n) is 21.4. The summed E-state index contributed by atoms with van der Waals surface area (Å²) in [6, 6.07) is 5.74. The molecular weight excluding hydrogens is 1040 g/mol. The number of aliphatic carboxylic acids is 1. The third kappa shape index (κ3) is 23.0. The Hall–Kier alpha value is -5.08. The van der Waals surface area contributed by atoms with Crippen LogP contribution in [0.1, 0.15) is 108 Å². The smallest absolute Gasteiger partial charge is 0.311 e. The van der Waals surface area contributed by atoms with Crippen molar-refractivity contribution in [3.05, 3.63) is 115 Å². The molecule has 2 saturated heterocycles. The molecule has 0 spiro atoms. The molecule has 2 bridgehead atoms. The number of nitrogens with one attached hydrogen (secondary N) is 1. The van der Waals surface area contributed by atoms with Crippen LogP contribution in [0.2, 0.25) is 0 Å². The summed E-state index contributed by atoms with van der Waals surface area (Å²) in [4.78, 5) is 51.7. The minimum atomic E-state index is -2.34. The Morgan fingerprint density at radius 1 is 0.725 bits per heavy atom. The van der Waals surface area contributed by atoms with Crippen molar-refractivity contribution in [3.8, 4) is 0 Å². The molecule has 14 unspecified atom stereocenters. The van der Waals surface area contributed by atoms with E-state index in [0.29, 0.717) is 12.0 Å². The molecule has 0 aromatic heterocycles. The van der Waals surface area contributed by atoms with E-state index in [4.69, 9.17) is 24.7 Å². The van der Waals surface area contributed by atoms with Gasteiger partial charge >= 0.3 is 11.9 Å². The van der Waals surface area contributed by atoms with Gasteiger partial charge in [-0.25, -0.2) is 0 Å². The molecule has 3 heterocycles. The number of Topliss-reactive ketones (excluding diaryl/α,β-unsaturated/α-hetero) is 2. The van der Waals surface area contributed by atoms with Crippen LogP contribution in [0.25, 0.3) is 0 Å². The Labute approximate surface area is 468 Å². The number of carboxylic acids is 1. The summed E-state index contributed by atoms with van der Waals surface area (Å²) in [5.74, 6) is -7.75. The molecule has 21 heteroatoms. The van der Waals surface area contributed by atoms with Crippen LogP contribution in [0.15, 0.2) is 109 Å². The van der Waals surface area contributed by atoms with E-state index in [0.717, 1.165) is 5.69 Å². The molecule has 0 amide bonds. The Morgan fingerprint density at radius 3 is 1.86 bits per heavy atom. The van der Waals surface area contributed by atoms with E-state index in [1.54, 1.807) is 104 Å². The number of anilines is 1. The number of aliphatic hydroxyl groups excluding tert-OH is 9. The molecule has 0 radical (unpaired) electrons. The van der Waals surface area contributed by atoms with Crippen molar-refractivity contribution >= 4 is 29.2 Å². The van der Waals surface area contributed by atoms with Crippen LogP contribution in [-0.2, 0) is 33.3 Å². The largest absolute Gasteiger partial charge is 0.481 e. The number of allylic oxidation sites excluding steroid dienone is 12. The number of fused-ring (bicyclic) bond motifs is 2. The van der Waals surface area contributed by atoms with Crippen LogP contribution in [0.3, 0.4) is 0 Å². The number of cyclic esters (lactones) is 1. The van der Waals surface area contributed by atoms with E-state index in [1.807, 2.05) is 19.9 Å². The second-order valence-corrected chi connectivity index (χ2v) is 21.4. The fourth-order valence-electron chi connectivity index (χ4n) is 10.1. The van der Waals surface area contributed by atoms with Gasteiger partial charge < -0.3 is 86.2 Å². The van der Waals surface area contributed by atoms with Crippen molar-refractivity contribution in [2.24, 2.45) is 23.5 Å². The van der Waals surface area contributed by atoms with Crippen molar-refractivity contribution in [2.75, 3.05) is 12.4 Å². The molecule has 1 aromatic carbocycles. The van der Waals surface area contributed by atoms with Gasteiger partial charge in [-0.05, 0) is 69.2 Å². The first-order valence-corrected chi connectivity index (χ1v) is 27.4. The topological polar surface area (TPSA) is 366 Å². The molecule has 4 rings (SSSR count). The average Bonchev–Trinajstić information content (AvgIpc) is 3.48. The van der Waals surface area contributed by atoms with Crippen LogP contribution in [-0.4, -0.2) is 184 Å². The highest BCUT2D eigenvalue weighted by molar-refractivity contribution is 5.96. The van der Waals surface area contributed by atoms with Crippen molar-refractivity contribution in [3.63, 3.8) is 0 Å². The first kappa shape index (κ1) is 67.4. The second kappa shape index (κ2) is 33.7. The Balaban J connectivity index is 1.54. The zero-order valence-corrected chi connectivity index (χ0v) is 46.0. The van der Waals surface area contributed by atoms with Gasteiger partial charge in [0.05, 0.1) is 79.6 Å². The van der Waals surface area contributed by atoms with Gasteiger partial charge in [0.1, 0.15) is 23.9 Å². The molecule has 1 aromatic rings. The molecule has 21 nitrogen and oxygen atoms in total. The molecule has 3 aliphatic heterocycles. The number of ether oxygens (including phenoxy) is 4. The predicted molar refractivity (Wildman–Crippen MR) is 295 cm³/mol. The van der Waals surface area contributed by atoms with Crippen LogP contribution in [0.5, 0.6) is 0 Å². The van der Waals surface area contributed by atoms with Gasteiger partial charge in [-0.1, -0.05) is 98.9 Å². The first-order chi connectivity index (χ1) is 37.9. The molecule has 2 fully saturated rings. The number of aliphatic hydroxyl groups is 10. The highest BCUT2D eigenvalue weighted by atomic mass is 16.7. The number of hydrogen-bond acceptors (Lipinski definition) is 20. The van der Waals surface area contributed by atoms with E-state index >= 15 is 0 Å². The zero-order valence-electron chi connectivity index (χ0n) is 46.0. The molecule has 19 atom stereocenters. The molecule has 446 valence electrons. The Kier molecular flexibility index (Phi) is 28.4. The third-order valence-electron chi connectivity index (χ3n) is 14.4. The van der Waals surface area contributed by atoms with Crippen molar-refractivity contribution in [1.82, 2.24) is 0 Å². The van der Waals surface area contributed by atoms with E-state index < -0.39 is 172 Å². The lowest BCUT2D eigenvalue weighted by molar-refractivity contribution is -0.308. The fraction of sp³-hybridized carbons (Fsp3) is 0.593. The summed E-state index contributed by atoms with van der Waals surface area (Å²) < 4.78 is 23.7.